The van der Waals surface area contributed by atoms with E-state index >= 15 is 0 Å². The molecular weight excluding hydrogens is 356 g/mol. The number of piperazine rings is 1. The predicted molar refractivity (Wildman–Crippen MR) is 106 cm³/mol. The monoisotopic (exact) mass is 386 g/mol. The molecule has 0 unspecified atom stereocenters. The summed E-state index contributed by atoms with van der Waals surface area (Å²) in [4.78, 5) is 21.0. The molecule has 1 aromatic heterocycles. The number of hydrogen-bond donors (Lipinski definition) is 0. The Bertz CT molecular complexity index is 795. The van der Waals surface area contributed by atoms with E-state index in [1.807, 2.05) is 27.7 Å². The van der Waals surface area contributed by atoms with Crippen molar-refractivity contribution < 1.29 is 14.1 Å². The Morgan fingerprint density at radius 3 is 2.54 bits per heavy atom. The fourth-order valence-corrected chi connectivity index (χ4v) is 3.37. The number of benzene rings is 1. The lowest BCUT2D eigenvalue weighted by molar-refractivity contribution is 0.000514. The summed E-state index contributed by atoms with van der Waals surface area (Å²) in [7, 11) is 0. The number of nitrogens with zero attached hydrogens (tertiary/aromatic N) is 4. The first-order valence-electron chi connectivity index (χ1n) is 9.85. The van der Waals surface area contributed by atoms with Gasteiger partial charge in [-0.3, -0.25) is 4.90 Å². The van der Waals surface area contributed by atoms with Crippen LogP contribution in [-0.2, 0) is 17.7 Å². The highest BCUT2D eigenvalue weighted by molar-refractivity contribution is 5.68. The third-order valence-corrected chi connectivity index (χ3v) is 4.82. The quantitative estimate of drug-likeness (QED) is 0.797. The van der Waals surface area contributed by atoms with Crippen LogP contribution in [0.25, 0.3) is 0 Å². The van der Waals surface area contributed by atoms with Gasteiger partial charge in [0.05, 0.1) is 12.6 Å². The van der Waals surface area contributed by atoms with Crippen LogP contribution in [-0.4, -0.2) is 51.3 Å². The van der Waals surface area contributed by atoms with Crippen molar-refractivity contribution in [2.75, 3.05) is 19.6 Å². The van der Waals surface area contributed by atoms with Crippen LogP contribution >= 0.6 is 0 Å². The number of ether oxygens (including phenoxy) is 1. The van der Waals surface area contributed by atoms with E-state index in [1.54, 1.807) is 4.90 Å². The molecule has 1 amide bonds. The number of carbonyl (C=O) groups is 1. The van der Waals surface area contributed by atoms with Gasteiger partial charge in [0.15, 0.2) is 5.82 Å². The molecule has 152 valence electrons. The van der Waals surface area contributed by atoms with E-state index in [0.29, 0.717) is 37.9 Å². The van der Waals surface area contributed by atoms with Crippen molar-refractivity contribution in [2.24, 2.45) is 0 Å². The van der Waals surface area contributed by atoms with Gasteiger partial charge in [0, 0.05) is 19.6 Å². The van der Waals surface area contributed by atoms with Crippen molar-refractivity contribution in [3.8, 4) is 0 Å². The van der Waals surface area contributed by atoms with E-state index < -0.39 is 5.60 Å². The molecule has 1 aliphatic rings. The molecule has 7 nitrogen and oxygen atoms in total. The molecule has 0 N–H and O–H groups in total. The average Bonchev–Trinajstić information content (AvgIpc) is 3.05. The summed E-state index contributed by atoms with van der Waals surface area (Å²) in [5.41, 5.74) is 1.96. The second-order valence-corrected chi connectivity index (χ2v) is 8.24. The molecule has 2 heterocycles. The van der Waals surface area contributed by atoms with Crippen LogP contribution in [0, 0.1) is 6.92 Å². The molecule has 0 saturated carbocycles. The van der Waals surface area contributed by atoms with Gasteiger partial charge in [0.2, 0.25) is 5.89 Å². The van der Waals surface area contributed by atoms with E-state index in [9.17, 15) is 4.79 Å². The molecule has 0 aliphatic carbocycles. The molecular formula is C21H30N4O3. The molecule has 3 rings (SSSR count). The summed E-state index contributed by atoms with van der Waals surface area (Å²) in [5.74, 6) is 1.23. The maximum atomic E-state index is 12.6. The van der Waals surface area contributed by atoms with Crippen molar-refractivity contribution in [1.29, 1.82) is 0 Å². The smallest absolute Gasteiger partial charge is 0.410 e. The van der Waals surface area contributed by atoms with Gasteiger partial charge in [-0.2, -0.15) is 4.98 Å². The van der Waals surface area contributed by atoms with Crippen molar-refractivity contribution in [2.45, 2.75) is 59.2 Å². The first kappa shape index (κ1) is 20.3. The van der Waals surface area contributed by atoms with E-state index in [4.69, 9.17) is 9.26 Å². The number of carbonyl (C=O) groups excluding carboxylic acids is 1. The summed E-state index contributed by atoms with van der Waals surface area (Å²) in [5, 5.41) is 3.89. The first-order valence-corrected chi connectivity index (χ1v) is 9.85. The molecule has 1 aromatic carbocycles. The zero-order chi connectivity index (χ0) is 20.3. The fourth-order valence-electron chi connectivity index (χ4n) is 3.37. The minimum atomic E-state index is -0.506. The van der Waals surface area contributed by atoms with Gasteiger partial charge in [-0.05, 0) is 45.2 Å². The molecule has 1 saturated heterocycles. The number of hydrogen-bond acceptors (Lipinski definition) is 6. The van der Waals surface area contributed by atoms with E-state index in [-0.39, 0.29) is 12.1 Å². The lowest BCUT2D eigenvalue weighted by atomic mass is 10.00. The van der Waals surface area contributed by atoms with Crippen LogP contribution in [0.4, 0.5) is 4.79 Å². The lowest BCUT2D eigenvalue weighted by Gasteiger charge is -2.41. The Morgan fingerprint density at radius 2 is 1.96 bits per heavy atom. The molecule has 1 aliphatic heterocycles. The molecule has 1 fully saturated rings. The molecule has 0 bridgehead atoms. The van der Waals surface area contributed by atoms with Crippen molar-refractivity contribution >= 4 is 6.09 Å². The van der Waals surface area contributed by atoms with Gasteiger partial charge in [-0.15, -0.1) is 0 Å². The Hall–Kier alpha value is -2.41. The zero-order valence-electron chi connectivity index (χ0n) is 17.4. The number of rotatable bonds is 4. The number of amides is 1. The fraction of sp³-hybridized carbons (Fsp3) is 0.571. The minimum absolute atomic E-state index is 0.0411. The maximum absolute atomic E-state index is 12.6. The second-order valence-electron chi connectivity index (χ2n) is 8.24. The zero-order valence-corrected chi connectivity index (χ0v) is 17.4. The van der Waals surface area contributed by atoms with E-state index in [1.165, 1.54) is 11.1 Å². The van der Waals surface area contributed by atoms with Gasteiger partial charge in [-0.25, -0.2) is 4.79 Å². The van der Waals surface area contributed by atoms with Crippen molar-refractivity contribution in [3.63, 3.8) is 0 Å². The molecule has 2 aromatic rings. The SMILES string of the molecule is CCc1ccc([C@@H]2CN(C(=O)OC(C)(C)C)CCN2Cc2nc(C)no2)cc1. The summed E-state index contributed by atoms with van der Waals surface area (Å²) in [6, 6.07) is 8.63. The summed E-state index contributed by atoms with van der Waals surface area (Å²) < 4.78 is 10.9. The van der Waals surface area contributed by atoms with E-state index in [2.05, 4.69) is 46.2 Å². The van der Waals surface area contributed by atoms with Crippen molar-refractivity contribution in [3.05, 3.63) is 47.1 Å². The highest BCUT2D eigenvalue weighted by Gasteiger charge is 2.33. The topological polar surface area (TPSA) is 71.7 Å². The summed E-state index contributed by atoms with van der Waals surface area (Å²) in [6.07, 6.45) is 0.732. The van der Waals surface area contributed by atoms with Crippen LogP contribution in [0.1, 0.15) is 56.6 Å². The van der Waals surface area contributed by atoms with Crippen LogP contribution in [0.2, 0.25) is 0 Å². The maximum Gasteiger partial charge on any atom is 0.410 e. The van der Waals surface area contributed by atoms with Crippen molar-refractivity contribution in [1.82, 2.24) is 19.9 Å². The largest absolute Gasteiger partial charge is 0.444 e. The molecule has 1 atom stereocenters. The standard InChI is InChI=1S/C21H30N4O3/c1-6-16-7-9-17(10-8-16)18-13-25(20(26)27-21(3,4)5)12-11-24(18)14-19-22-15(2)23-28-19/h7-10,18H,6,11-14H2,1-5H3/t18-/m0/s1. The highest BCUT2D eigenvalue weighted by Crippen LogP contribution is 2.28. The summed E-state index contributed by atoms with van der Waals surface area (Å²) in [6.45, 7) is 12.1. The third kappa shape index (κ3) is 5.10. The highest BCUT2D eigenvalue weighted by atomic mass is 16.6. The Balaban J connectivity index is 1.80. The van der Waals surface area contributed by atoms with Gasteiger partial charge in [0.1, 0.15) is 5.60 Å². The molecule has 28 heavy (non-hydrogen) atoms. The number of aromatic nitrogens is 2. The van der Waals surface area contributed by atoms with Crippen LogP contribution < -0.4 is 0 Å². The Morgan fingerprint density at radius 1 is 1.25 bits per heavy atom. The second kappa shape index (κ2) is 8.31. The van der Waals surface area contributed by atoms with Gasteiger partial charge < -0.3 is 14.2 Å². The van der Waals surface area contributed by atoms with Gasteiger partial charge in [-0.1, -0.05) is 36.3 Å². The van der Waals surface area contributed by atoms with E-state index in [0.717, 1.165) is 6.42 Å². The third-order valence-electron chi connectivity index (χ3n) is 4.82. The molecule has 0 spiro atoms. The average molecular weight is 386 g/mol. The van der Waals surface area contributed by atoms with Crippen LogP contribution in [0.5, 0.6) is 0 Å². The number of aryl methyl sites for hydroxylation is 2. The molecule has 0 radical (unpaired) electrons. The summed E-state index contributed by atoms with van der Waals surface area (Å²) >= 11 is 0. The lowest BCUT2D eigenvalue weighted by Crippen LogP contribution is -2.51. The Labute approximate surface area is 166 Å². The molecule has 7 heteroatoms. The van der Waals surface area contributed by atoms with Crippen LogP contribution in [0.3, 0.4) is 0 Å². The normalized spacial score (nSPS) is 18.3. The van der Waals surface area contributed by atoms with Gasteiger partial charge >= 0.3 is 6.09 Å². The van der Waals surface area contributed by atoms with Crippen LogP contribution in [0.15, 0.2) is 28.8 Å². The predicted octanol–water partition coefficient (Wildman–Crippen LogP) is 3.73. The van der Waals surface area contributed by atoms with Gasteiger partial charge in [0.25, 0.3) is 0 Å². The Kier molecular flexibility index (Phi) is 6.03. The minimum Gasteiger partial charge on any atom is -0.444 e. The first-order chi connectivity index (χ1) is 13.2.